The summed E-state index contributed by atoms with van der Waals surface area (Å²) in [4.78, 5) is 73.4. The minimum atomic E-state index is -0.764. The highest BCUT2D eigenvalue weighted by molar-refractivity contribution is 7.10. The SMILES string of the molecule is COc1cc2nc(C)nc(N[C@H](C)c3cc(-c4c(Cl)cccc4CN(C)C)cs3)c2cc1C1CCC(C(=O)N2CCN(CC3CCC4(CC3)CCN(C(=O)c3ccc(F)c(-n5ccc(=O)[nH]c5=O)c3)CC4)CC2)CC1. The molecule has 1 atom stereocenters. The summed E-state index contributed by atoms with van der Waals surface area (Å²) in [6.45, 7) is 10.6. The van der Waals surface area contributed by atoms with Crippen LogP contribution in [0, 0.1) is 30.0 Å². The molecule has 4 aliphatic rings. The molecule has 2 aliphatic carbocycles. The summed E-state index contributed by atoms with van der Waals surface area (Å²) in [5, 5.41) is 7.65. The maximum absolute atomic E-state index is 14.8. The van der Waals surface area contributed by atoms with Crippen LogP contribution in [-0.2, 0) is 11.3 Å². The van der Waals surface area contributed by atoms with Crippen LogP contribution in [0.2, 0.25) is 5.02 Å². The summed E-state index contributed by atoms with van der Waals surface area (Å²) in [5.41, 5.74) is 4.50. The monoisotopic (exact) mass is 1060 g/mol. The van der Waals surface area contributed by atoms with Gasteiger partial charge in [-0.05, 0) is 168 Å². The van der Waals surface area contributed by atoms with E-state index in [1.54, 1.807) is 18.4 Å². The number of halogens is 2. The number of thiophene rings is 1. The van der Waals surface area contributed by atoms with Crippen LogP contribution in [0.15, 0.2) is 81.8 Å². The number of aromatic amines is 1. The zero-order valence-corrected chi connectivity index (χ0v) is 45.4. The van der Waals surface area contributed by atoms with Crippen LogP contribution in [0.3, 0.4) is 0 Å². The third kappa shape index (κ3) is 11.4. The maximum atomic E-state index is 14.8. The minimum Gasteiger partial charge on any atom is -0.496 e. The van der Waals surface area contributed by atoms with Crippen molar-refractivity contribution in [2.45, 2.75) is 96.6 Å². The van der Waals surface area contributed by atoms with Crippen LogP contribution < -0.4 is 21.3 Å². The molecule has 396 valence electrons. The number of nitrogens with one attached hydrogen (secondary N) is 2. The number of rotatable bonds is 13. The Morgan fingerprint density at radius 3 is 2.37 bits per heavy atom. The number of likely N-dealkylation sites (tertiary alicyclic amines) is 1. The number of fused-ring (bicyclic) bond motifs is 1. The highest BCUT2D eigenvalue weighted by Crippen LogP contribution is 2.47. The number of H-pyrrole nitrogens is 1. The number of piperidine rings is 1. The van der Waals surface area contributed by atoms with E-state index < -0.39 is 17.1 Å². The Bertz CT molecular complexity index is 3180. The molecule has 1 spiro atoms. The molecule has 3 aromatic carbocycles. The molecule has 17 heteroatoms. The molecule has 10 rings (SSSR count). The maximum Gasteiger partial charge on any atom is 0.333 e. The van der Waals surface area contributed by atoms with E-state index in [1.807, 2.05) is 24.0 Å². The second-order valence-electron chi connectivity index (χ2n) is 21.9. The van der Waals surface area contributed by atoms with E-state index in [4.69, 9.17) is 26.3 Å². The average molecular weight is 1060 g/mol. The van der Waals surface area contributed by atoms with Crippen molar-refractivity contribution in [2.75, 3.05) is 72.3 Å². The highest BCUT2D eigenvalue weighted by atomic mass is 35.5. The second kappa shape index (κ2) is 22.3. The fourth-order valence-corrected chi connectivity index (χ4v) is 13.7. The van der Waals surface area contributed by atoms with E-state index in [0.29, 0.717) is 36.3 Å². The first-order chi connectivity index (χ1) is 36.1. The first kappa shape index (κ1) is 52.5. The summed E-state index contributed by atoms with van der Waals surface area (Å²) >= 11 is 8.52. The molecule has 2 N–H and O–H groups in total. The lowest BCUT2D eigenvalue weighted by molar-refractivity contribution is -0.138. The smallest absolute Gasteiger partial charge is 0.333 e. The van der Waals surface area contributed by atoms with E-state index in [-0.39, 0.29) is 34.9 Å². The lowest BCUT2D eigenvalue weighted by Crippen LogP contribution is -2.52. The van der Waals surface area contributed by atoms with Crippen molar-refractivity contribution in [3.63, 3.8) is 0 Å². The Morgan fingerprint density at radius 2 is 1.67 bits per heavy atom. The van der Waals surface area contributed by atoms with Crippen LogP contribution in [-0.4, -0.2) is 118 Å². The number of nitrogens with zero attached hydrogens (tertiary/aromatic N) is 7. The van der Waals surface area contributed by atoms with E-state index in [0.717, 1.165) is 158 Å². The number of anilines is 1. The van der Waals surface area contributed by atoms with Gasteiger partial charge >= 0.3 is 5.69 Å². The third-order valence-corrected chi connectivity index (χ3v) is 18.1. The van der Waals surface area contributed by atoms with Crippen molar-refractivity contribution in [3.05, 3.63) is 131 Å². The predicted molar refractivity (Wildman–Crippen MR) is 295 cm³/mol. The first-order valence-corrected chi connectivity index (χ1v) is 28.0. The van der Waals surface area contributed by atoms with Gasteiger partial charge in [-0.15, -0.1) is 11.3 Å². The molecule has 6 aromatic rings. The van der Waals surface area contributed by atoms with E-state index in [1.165, 1.54) is 34.8 Å². The summed E-state index contributed by atoms with van der Waals surface area (Å²) in [6.07, 6.45) is 11.2. The Kier molecular flexibility index (Phi) is 15.6. The number of carbonyl (C=O) groups is 2. The lowest BCUT2D eigenvalue weighted by Gasteiger charge is -2.47. The summed E-state index contributed by atoms with van der Waals surface area (Å²) in [5.74, 6) is 2.68. The molecule has 0 bridgehead atoms. The number of hydrogen-bond acceptors (Lipinski definition) is 11. The largest absolute Gasteiger partial charge is 0.496 e. The normalized spacial score (nSPS) is 19.9. The van der Waals surface area contributed by atoms with Gasteiger partial charge < -0.3 is 24.8 Å². The predicted octanol–water partition coefficient (Wildman–Crippen LogP) is 10.1. The zero-order chi connectivity index (χ0) is 52.5. The minimum absolute atomic E-state index is 0.0197. The van der Waals surface area contributed by atoms with Gasteiger partial charge in [-0.25, -0.2) is 19.2 Å². The highest BCUT2D eigenvalue weighted by Gasteiger charge is 2.40. The molecule has 5 heterocycles. The van der Waals surface area contributed by atoms with Gasteiger partial charge in [0.05, 0.1) is 24.4 Å². The molecule has 0 unspecified atom stereocenters. The van der Waals surface area contributed by atoms with Gasteiger partial charge in [0.2, 0.25) is 5.91 Å². The number of carbonyl (C=O) groups excluding carboxylic acids is 2. The summed E-state index contributed by atoms with van der Waals surface area (Å²) in [7, 11) is 5.87. The number of aryl methyl sites for hydroxylation is 1. The molecule has 4 fully saturated rings. The number of piperazine rings is 1. The standard InChI is InChI=1S/C58H69ClFN9O5S/c1-36(51-30-43(35-75-51)53-42(34-65(3)4)7-6-8-46(53)59)61-54-45-31-44(50(74-5)32-48(45)62-37(2)63-54)39-9-11-40(12-10-39)55(71)68-27-25-66(26-28-68)33-38-15-18-58(19-16-38)20-23-67(24-21-58)56(72)41-13-14-47(60)49(29-41)69-22-17-52(70)64-57(69)73/h6-8,13-14,17,22,29-32,35-36,38-40H,9-12,15-16,18-21,23-28,33-34H2,1-5H3,(H,61,62,63)(H,64,70,73)/t36-,39?,40?/m1/s1. The molecule has 0 radical (unpaired) electrons. The average Bonchev–Trinajstić information content (AvgIpc) is 3.89. The van der Waals surface area contributed by atoms with Gasteiger partial charge in [0.15, 0.2) is 0 Å². The summed E-state index contributed by atoms with van der Waals surface area (Å²) in [6, 6.07) is 17.8. The van der Waals surface area contributed by atoms with Crippen LogP contribution in [0.25, 0.3) is 27.7 Å². The molecule has 2 saturated carbocycles. The second-order valence-corrected chi connectivity index (χ2v) is 23.3. The Balaban J connectivity index is 0.694. The van der Waals surface area contributed by atoms with Crippen LogP contribution >= 0.6 is 22.9 Å². The molecule has 2 saturated heterocycles. The van der Waals surface area contributed by atoms with E-state index >= 15 is 0 Å². The number of amides is 2. The Hall–Kier alpha value is -5.94. The molecule has 2 aliphatic heterocycles. The fourth-order valence-electron chi connectivity index (χ4n) is 12.4. The molecule has 3 aromatic heterocycles. The van der Waals surface area contributed by atoms with E-state index in [2.05, 4.69) is 75.7 Å². The molecular formula is C58H69ClFN9O5S. The number of benzene rings is 3. The first-order valence-electron chi connectivity index (χ1n) is 26.7. The number of aromatic nitrogens is 4. The van der Waals surface area contributed by atoms with Crippen LogP contribution in [0.4, 0.5) is 10.2 Å². The van der Waals surface area contributed by atoms with Gasteiger partial charge in [0, 0.05) is 103 Å². The zero-order valence-electron chi connectivity index (χ0n) is 43.8. The number of ether oxygens (including phenoxy) is 1. The van der Waals surface area contributed by atoms with Crippen molar-refractivity contribution in [2.24, 2.45) is 17.3 Å². The topological polar surface area (TPSA) is 149 Å². The van der Waals surface area contributed by atoms with Gasteiger partial charge in [-0.2, -0.15) is 0 Å². The molecule has 14 nitrogen and oxygen atoms in total. The Labute approximate surface area is 447 Å². The van der Waals surface area contributed by atoms with Crippen molar-refractivity contribution < 1.29 is 18.7 Å². The number of methoxy groups -OCH3 is 1. The Morgan fingerprint density at radius 1 is 0.920 bits per heavy atom. The van der Waals surface area contributed by atoms with Gasteiger partial charge in [-0.1, -0.05) is 23.7 Å². The van der Waals surface area contributed by atoms with E-state index in [9.17, 15) is 23.6 Å². The quantitative estimate of drug-likeness (QED) is 0.115. The van der Waals surface area contributed by atoms with Crippen molar-refractivity contribution in [1.82, 2.24) is 39.1 Å². The van der Waals surface area contributed by atoms with Crippen LogP contribution in [0.1, 0.15) is 115 Å². The van der Waals surface area contributed by atoms with Crippen molar-refractivity contribution in [1.29, 1.82) is 0 Å². The molecule has 2 amide bonds. The fraction of sp³-hybridized carbons (Fsp3) is 0.483. The molecular weight excluding hydrogens is 989 g/mol. The van der Waals surface area contributed by atoms with Gasteiger partial charge in [0.25, 0.3) is 11.5 Å². The van der Waals surface area contributed by atoms with Gasteiger partial charge in [-0.3, -0.25) is 28.8 Å². The third-order valence-electron chi connectivity index (χ3n) is 16.7. The summed E-state index contributed by atoms with van der Waals surface area (Å²) < 4.78 is 21.8. The van der Waals surface area contributed by atoms with Crippen molar-refractivity contribution in [3.8, 4) is 22.6 Å². The number of hydrogen-bond donors (Lipinski definition) is 2. The van der Waals surface area contributed by atoms with Gasteiger partial charge in [0.1, 0.15) is 23.2 Å². The van der Waals surface area contributed by atoms with Crippen molar-refractivity contribution >= 4 is 51.5 Å². The lowest BCUT2D eigenvalue weighted by atomic mass is 9.65. The molecule has 75 heavy (non-hydrogen) atoms. The van der Waals surface area contributed by atoms with Crippen LogP contribution in [0.5, 0.6) is 5.75 Å².